The molecule has 0 spiro atoms. The Labute approximate surface area is 223 Å². The minimum atomic E-state index is -0.348. The molecule has 0 radical (unpaired) electrons. The zero-order valence-corrected chi connectivity index (χ0v) is 22.0. The highest BCUT2D eigenvalue weighted by molar-refractivity contribution is 5.96. The largest absolute Gasteiger partial charge is 0.368 e. The van der Waals surface area contributed by atoms with Gasteiger partial charge < -0.3 is 14.7 Å². The van der Waals surface area contributed by atoms with E-state index in [0.717, 1.165) is 55.4 Å². The molecule has 3 aromatic rings. The third kappa shape index (κ3) is 5.48. The first-order valence-corrected chi connectivity index (χ1v) is 13.2. The molecule has 2 aliphatic rings. The normalized spacial score (nSPS) is 16.4. The van der Waals surface area contributed by atoms with Crippen LogP contribution in [-0.4, -0.2) is 73.0 Å². The number of amides is 1. The van der Waals surface area contributed by atoms with Gasteiger partial charge in [0.15, 0.2) is 0 Å². The number of piperazine rings is 2. The number of aryl methyl sites for hydroxylation is 2. The number of pyridine rings is 1. The first-order valence-electron chi connectivity index (χ1n) is 13.2. The summed E-state index contributed by atoms with van der Waals surface area (Å²) in [5.74, 6) is 0.455. The zero-order chi connectivity index (χ0) is 26.6. The molecule has 8 heteroatoms. The van der Waals surface area contributed by atoms with E-state index in [1.54, 1.807) is 6.07 Å². The Bertz CT molecular complexity index is 1340. The molecule has 1 amide bonds. The number of carbonyl (C=O) groups is 1. The SMILES string of the molecule is Cc1cc(C)c(C(=O)N2CCN(c3ccc(F)cn3)CC2)cc1CN1CCN(c2ccccc2C#N)CC1. The van der Waals surface area contributed by atoms with Crippen molar-refractivity contribution in [1.82, 2.24) is 14.8 Å². The van der Waals surface area contributed by atoms with E-state index in [1.165, 1.54) is 23.4 Å². The lowest BCUT2D eigenvalue weighted by Gasteiger charge is -2.37. The van der Waals surface area contributed by atoms with E-state index in [-0.39, 0.29) is 11.7 Å². The third-order valence-electron chi connectivity index (χ3n) is 7.65. The summed E-state index contributed by atoms with van der Waals surface area (Å²) in [6.07, 6.45) is 1.23. The van der Waals surface area contributed by atoms with E-state index in [2.05, 4.69) is 44.8 Å². The number of aromatic nitrogens is 1. The second-order valence-electron chi connectivity index (χ2n) is 10.1. The van der Waals surface area contributed by atoms with Gasteiger partial charge in [-0.2, -0.15) is 5.26 Å². The molecule has 7 nitrogen and oxygen atoms in total. The highest BCUT2D eigenvalue weighted by Gasteiger charge is 2.25. The predicted molar refractivity (Wildman–Crippen MR) is 147 cm³/mol. The van der Waals surface area contributed by atoms with E-state index in [0.29, 0.717) is 31.7 Å². The smallest absolute Gasteiger partial charge is 0.254 e. The molecule has 5 rings (SSSR count). The number of carbonyl (C=O) groups excluding carboxylic acids is 1. The molecule has 1 aromatic heterocycles. The highest BCUT2D eigenvalue weighted by atomic mass is 19.1. The molecule has 2 saturated heterocycles. The summed E-state index contributed by atoms with van der Waals surface area (Å²) in [4.78, 5) is 26.4. The fourth-order valence-electron chi connectivity index (χ4n) is 5.39. The maximum absolute atomic E-state index is 13.5. The van der Waals surface area contributed by atoms with Gasteiger partial charge in [-0.25, -0.2) is 9.37 Å². The lowest BCUT2D eigenvalue weighted by molar-refractivity contribution is 0.0745. The third-order valence-corrected chi connectivity index (χ3v) is 7.65. The highest BCUT2D eigenvalue weighted by Crippen LogP contribution is 2.24. The summed E-state index contributed by atoms with van der Waals surface area (Å²) in [7, 11) is 0. The number of para-hydroxylation sites is 1. The summed E-state index contributed by atoms with van der Waals surface area (Å²) in [5, 5.41) is 9.45. The number of benzene rings is 2. The lowest BCUT2D eigenvalue weighted by Crippen LogP contribution is -2.49. The average molecular weight is 513 g/mol. The van der Waals surface area contributed by atoms with Gasteiger partial charge in [0.25, 0.3) is 5.91 Å². The molecule has 2 aromatic carbocycles. The van der Waals surface area contributed by atoms with Crippen LogP contribution in [0.2, 0.25) is 0 Å². The van der Waals surface area contributed by atoms with Crippen LogP contribution in [0.5, 0.6) is 0 Å². The molecule has 2 aliphatic heterocycles. The van der Waals surface area contributed by atoms with Crippen molar-refractivity contribution in [2.24, 2.45) is 0 Å². The van der Waals surface area contributed by atoms with Crippen LogP contribution in [-0.2, 0) is 6.54 Å². The standard InChI is InChI=1S/C30H33FN6O/c1-22-17-23(2)27(30(38)37-15-13-36(14-16-37)29-8-7-26(31)20-33-29)18-25(22)21-34-9-11-35(12-10-34)28-6-4-3-5-24(28)19-32/h3-8,17-18,20H,9-16,21H2,1-2H3. The topological polar surface area (TPSA) is 66.7 Å². The Morgan fingerprint density at radius 1 is 0.921 bits per heavy atom. The van der Waals surface area contributed by atoms with Crippen molar-refractivity contribution in [1.29, 1.82) is 5.26 Å². The minimum absolute atomic E-state index is 0.0633. The second-order valence-corrected chi connectivity index (χ2v) is 10.1. The monoisotopic (exact) mass is 512 g/mol. The molecule has 2 fully saturated rings. The molecule has 0 unspecified atom stereocenters. The van der Waals surface area contributed by atoms with Gasteiger partial charge in [-0.05, 0) is 60.9 Å². The molecule has 0 aliphatic carbocycles. The van der Waals surface area contributed by atoms with Crippen LogP contribution in [0.25, 0.3) is 0 Å². The number of hydrogen-bond donors (Lipinski definition) is 0. The van der Waals surface area contributed by atoms with Gasteiger partial charge in [-0.1, -0.05) is 18.2 Å². The maximum Gasteiger partial charge on any atom is 0.254 e. The lowest BCUT2D eigenvalue weighted by atomic mass is 9.98. The molecular weight excluding hydrogens is 479 g/mol. The van der Waals surface area contributed by atoms with Gasteiger partial charge in [0.05, 0.1) is 17.4 Å². The fraction of sp³-hybridized carbons (Fsp3) is 0.367. The van der Waals surface area contributed by atoms with E-state index in [4.69, 9.17) is 0 Å². The molecule has 0 atom stereocenters. The summed E-state index contributed by atoms with van der Waals surface area (Å²) in [5.41, 5.74) is 5.86. The number of anilines is 2. The van der Waals surface area contributed by atoms with Crippen LogP contribution in [0.4, 0.5) is 15.9 Å². The van der Waals surface area contributed by atoms with Crippen LogP contribution in [0.1, 0.15) is 32.6 Å². The van der Waals surface area contributed by atoms with Crippen molar-refractivity contribution in [3.8, 4) is 6.07 Å². The Kier molecular flexibility index (Phi) is 7.57. The van der Waals surface area contributed by atoms with Crippen LogP contribution in [0.15, 0.2) is 54.7 Å². The van der Waals surface area contributed by atoms with Crippen molar-refractivity contribution >= 4 is 17.4 Å². The van der Waals surface area contributed by atoms with E-state index in [9.17, 15) is 14.4 Å². The van der Waals surface area contributed by atoms with Crippen molar-refractivity contribution in [3.05, 3.63) is 88.4 Å². The molecule has 196 valence electrons. The van der Waals surface area contributed by atoms with Gasteiger partial charge >= 0.3 is 0 Å². The predicted octanol–water partition coefficient (Wildman–Crippen LogP) is 3.99. The van der Waals surface area contributed by atoms with Crippen LogP contribution in [0, 0.1) is 31.0 Å². The zero-order valence-electron chi connectivity index (χ0n) is 22.0. The van der Waals surface area contributed by atoms with Gasteiger partial charge in [0.1, 0.15) is 17.7 Å². The molecule has 3 heterocycles. The summed E-state index contributed by atoms with van der Waals surface area (Å²) in [6.45, 7) is 11.0. The van der Waals surface area contributed by atoms with Gasteiger partial charge in [-0.15, -0.1) is 0 Å². The molecule has 38 heavy (non-hydrogen) atoms. The quantitative estimate of drug-likeness (QED) is 0.515. The number of nitrogens with zero attached hydrogens (tertiary/aromatic N) is 6. The summed E-state index contributed by atoms with van der Waals surface area (Å²) < 4.78 is 13.2. The minimum Gasteiger partial charge on any atom is -0.368 e. The van der Waals surface area contributed by atoms with E-state index >= 15 is 0 Å². The first kappa shape index (κ1) is 25.7. The average Bonchev–Trinajstić information content (AvgIpc) is 2.95. The van der Waals surface area contributed by atoms with Gasteiger partial charge in [-0.3, -0.25) is 9.69 Å². The maximum atomic E-state index is 13.5. The van der Waals surface area contributed by atoms with Gasteiger partial charge in [0.2, 0.25) is 0 Å². The van der Waals surface area contributed by atoms with E-state index < -0.39 is 0 Å². The van der Waals surface area contributed by atoms with Crippen molar-refractivity contribution in [2.75, 3.05) is 62.2 Å². The number of nitriles is 1. The van der Waals surface area contributed by atoms with Gasteiger partial charge in [0, 0.05) is 64.5 Å². The molecule has 0 bridgehead atoms. The Morgan fingerprint density at radius 3 is 2.32 bits per heavy atom. The van der Waals surface area contributed by atoms with E-state index in [1.807, 2.05) is 36.1 Å². The molecular formula is C30H33FN6O. The first-order chi connectivity index (χ1) is 18.4. The molecule has 0 N–H and O–H groups in total. The Morgan fingerprint density at radius 2 is 1.63 bits per heavy atom. The summed E-state index contributed by atoms with van der Waals surface area (Å²) >= 11 is 0. The number of rotatable bonds is 5. The van der Waals surface area contributed by atoms with Crippen LogP contribution < -0.4 is 9.80 Å². The summed E-state index contributed by atoms with van der Waals surface area (Å²) in [6, 6.07) is 17.4. The molecule has 0 saturated carbocycles. The van der Waals surface area contributed by atoms with Crippen molar-refractivity contribution < 1.29 is 9.18 Å². The van der Waals surface area contributed by atoms with Crippen molar-refractivity contribution in [2.45, 2.75) is 20.4 Å². The van der Waals surface area contributed by atoms with Crippen LogP contribution in [0.3, 0.4) is 0 Å². The number of hydrogen-bond acceptors (Lipinski definition) is 6. The van der Waals surface area contributed by atoms with Crippen molar-refractivity contribution in [3.63, 3.8) is 0 Å². The Hall–Kier alpha value is -3.96. The second kappa shape index (κ2) is 11.2. The Balaban J connectivity index is 1.22. The fourth-order valence-corrected chi connectivity index (χ4v) is 5.39. The number of halogens is 1. The van der Waals surface area contributed by atoms with Crippen LogP contribution >= 0.6 is 0 Å².